The molecule has 7 heteroatoms. The third-order valence-corrected chi connectivity index (χ3v) is 4.51. The molecule has 1 aliphatic rings. The highest BCUT2D eigenvalue weighted by molar-refractivity contribution is 7.99. The zero-order valence-electron chi connectivity index (χ0n) is 13.4. The van der Waals surface area contributed by atoms with E-state index in [1.54, 1.807) is 7.11 Å². The van der Waals surface area contributed by atoms with E-state index in [1.807, 2.05) is 36.0 Å². The zero-order chi connectivity index (χ0) is 15.6. The Labute approximate surface area is 148 Å². The van der Waals surface area contributed by atoms with Crippen molar-refractivity contribution in [2.75, 3.05) is 38.3 Å². The van der Waals surface area contributed by atoms with Crippen LogP contribution in [0.4, 0.5) is 0 Å². The molecular formula is C16H25ClN2O3S. The number of benzene rings is 1. The van der Waals surface area contributed by atoms with Crippen LogP contribution in [-0.2, 0) is 4.79 Å². The molecule has 1 unspecified atom stereocenters. The third kappa shape index (κ3) is 7.81. The SMILES string of the molecule is COc1cccc(OCCCNC(=O)CC2CSCCN2)c1.Cl. The minimum atomic E-state index is 0. The van der Waals surface area contributed by atoms with Gasteiger partial charge in [-0.2, -0.15) is 11.8 Å². The molecule has 5 nitrogen and oxygen atoms in total. The van der Waals surface area contributed by atoms with Crippen LogP contribution in [-0.4, -0.2) is 50.3 Å². The molecule has 0 radical (unpaired) electrons. The van der Waals surface area contributed by atoms with Gasteiger partial charge in [0.25, 0.3) is 0 Å². The standard InChI is InChI=1S/C16H24N2O3S.ClH/c1-20-14-4-2-5-15(11-14)21-8-3-6-18-16(19)10-13-12-22-9-7-17-13;/h2,4-5,11,13,17H,3,6-10,12H2,1H3,(H,18,19);1H. The van der Waals surface area contributed by atoms with Crippen LogP contribution in [0.3, 0.4) is 0 Å². The van der Waals surface area contributed by atoms with Gasteiger partial charge in [-0.15, -0.1) is 12.4 Å². The van der Waals surface area contributed by atoms with E-state index in [0.717, 1.165) is 36.0 Å². The Hall–Kier alpha value is -1.11. The average Bonchev–Trinajstić information content (AvgIpc) is 2.55. The van der Waals surface area contributed by atoms with Crippen LogP contribution >= 0.6 is 24.2 Å². The van der Waals surface area contributed by atoms with Gasteiger partial charge in [-0.25, -0.2) is 0 Å². The number of halogens is 1. The highest BCUT2D eigenvalue weighted by Crippen LogP contribution is 2.18. The van der Waals surface area contributed by atoms with E-state index in [0.29, 0.717) is 25.6 Å². The Morgan fingerprint density at radius 3 is 3.00 bits per heavy atom. The second kappa shape index (κ2) is 11.4. The molecule has 1 saturated heterocycles. The predicted molar refractivity (Wildman–Crippen MR) is 97.1 cm³/mol. The monoisotopic (exact) mass is 360 g/mol. The molecule has 0 spiro atoms. The molecule has 2 rings (SSSR count). The van der Waals surface area contributed by atoms with E-state index < -0.39 is 0 Å². The summed E-state index contributed by atoms with van der Waals surface area (Å²) in [7, 11) is 1.63. The van der Waals surface area contributed by atoms with Crippen molar-refractivity contribution in [2.45, 2.75) is 18.9 Å². The normalized spacial score (nSPS) is 17.0. The van der Waals surface area contributed by atoms with Gasteiger partial charge in [-0.05, 0) is 18.6 Å². The van der Waals surface area contributed by atoms with Crippen molar-refractivity contribution in [2.24, 2.45) is 0 Å². The first-order chi connectivity index (χ1) is 10.8. The van der Waals surface area contributed by atoms with E-state index in [4.69, 9.17) is 9.47 Å². The molecule has 1 aromatic rings. The second-order valence-corrected chi connectivity index (χ2v) is 6.31. The van der Waals surface area contributed by atoms with Gasteiger partial charge in [0.05, 0.1) is 13.7 Å². The first-order valence-electron chi connectivity index (χ1n) is 7.62. The van der Waals surface area contributed by atoms with Crippen molar-refractivity contribution in [3.8, 4) is 11.5 Å². The van der Waals surface area contributed by atoms with Crippen LogP contribution in [0.2, 0.25) is 0 Å². The molecule has 0 saturated carbocycles. The van der Waals surface area contributed by atoms with Crippen LogP contribution in [0.25, 0.3) is 0 Å². The topological polar surface area (TPSA) is 59.6 Å². The molecule has 1 fully saturated rings. The van der Waals surface area contributed by atoms with E-state index in [1.165, 1.54) is 0 Å². The first-order valence-corrected chi connectivity index (χ1v) is 8.78. The summed E-state index contributed by atoms with van der Waals surface area (Å²) < 4.78 is 10.8. The van der Waals surface area contributed by atoms with Crippen LogP contribution in [0, 0.1) is 0 Å². The molecule has 1 amide bonds. The highest BCUT2D eigenvalue weighted by atomic mass is 35.5. The molecular weight excluding hydrogens is 336 g/mol. The number of hydrogen-bond donors (Lipinski definition) is 2. The lowest BCUT2D eigenvalue weighted by atomic mass is 10.2. The van der Waals surface area contributed by atoms with Gasteiger partial charge in [0, 0.05) is 43.1 Å². The van der Waals surface area contributed by atoms with Gasteiger partial charge in [-0.1, -0.05) is 6.07 Å². The molecule has 2 N–H and O–H groups in total. The Kier molecular flexibility index (Phi) is 9.91. The third-order valence-electron chi connectivity index (χ3n) is 3.38. The average molecular weight is 361 g/mol. The molecule has 130 valence electrons. The predicted octanol–water partition coefficient (Wildman–Crippen LogP) is 2.10. The van der Waals surface area contributed by atoms with Crippen molar-refractivity contribution >= 4 is 30.1 Å². The number of carbonyl (C=O) groups excluding carboxylic acids is 1. The summed E-state index contributed by atoms with van der Waals surface area (Å²) in [5, 5.41) is 6.31. The summed E-state index contributed by atoms with van der Waals surface area (Å²) >= 11 is 1.90. The highest BCUT2D eigenvalue weighted by Gasteiger charge is 2.16. The van der Waals surface area contributed by atoms with Crippen LogP contribution in [0.1, 0.15) is 12.8 Å². The van der Waals surface area contributed by atoms with Crippen molar-refractivity contribution in [3.63, 3.8) is 0 Å². The maximum atomic E-state index is 11.8. The summed E-state index contributed by atoms with van der Waals surface area (Å²) in [5.74, 6) is 3.84. The van der Waals surface area contributed by atoms with Crippen molar-refractivity contribution in [3.05, 3.63) is 24.3 Å². The Bertz CT molecular complexity index is 470. The Morgan fingerprint density at radius 1 is 1.43 bits per heavy atom. The molecule has 1 atom stereocenters. The van der Waals surface area contributed by atoms with E-state index in [-0.39, 0.29) is 18.3 Å². The van der Waals surface area contributed by atoms with Crippen LogP contribution in [0.15, 0.2) is 24.3 Å². The van der Waals surface area contributed by atoms with Gasteiger partial charge < -0.3 is 20.1 Å². The van der Waals surface area contributed by atoms with Crippen LogP contribution in [0.5, 0.6) is 11.5 Å². The van der Waals surface area contributed by atoms with Gasteiger partial charge in [0.1, 0.15) is 11.5 Å². The summed E-state index contributed by atoms with van der Waals surface area (Å²) in [6.07, 6.45) is 1.35. The van der Waals surface area contributed by atoms with Gasteiger partial charge in [0.2, 0.25) is 5.91 Å². The minimum Gasteiger partial charge on any atom is -0.497 e. The van der Waals surface area contributed by atoms with E-state index in [2.05, 4.69) is 10.6 Å². The maximum Gasteiger partial charge on any atom is 0.221 e. The van der Waals surface area contributed by atoms with Crippen molar-refractivity contribution in [1.29, 1.82) is 0 Å². The molecule has 0 aliphatic carbocycles. The fourth-order valence-corrected chi connectivity index (χ4v) is 3.18. The molecule has 23 heavy (non-hydrogen) atoms. The van der Waals surface area contributed by atoms with E-state index in [9.17, 15) is 4.79 Å². The summed E-state index contributed by atoms with van der Waals surface area (Å²) in [4.78, 5) is 11.8. The fraction of sp³-hybridized carbons (Fsp3) is 0.562. The summed E-state index contributed by atoms with van der Waals surface area (Å²) in [5.41, 5.74) is 0. The number of nitrogens with one attached hydrogen (secondary N) is 2. The lowest BCUT2D eigenvalue weighted by Gasteiger charge is -2.22. The number of rotatable bonds is 8. The quantitative estimate of drug-likeness (QED) is 0.695. The molecule has 1 aliphatic heterocycles. The number of amides is 1. The minimum absolute atomic E-state index is 0. The first kappa shape index (κ1) is 19.9. The summed E-state index contributed by atoms with van der Waals surface area (Å²) in [6.45, 7) is 2.21. The lowest BCUT2D eigenvalue weighted by Crippen LogP contribution is -2.41. The van der Waals surface area contributed by atoms with Crippen molar-refractivity contribution in [1.82, 2.24) is 10.6 Å². The Balaban J connectivity index is 0.00000264. The number of hydrogen-bond acceptors (Lipinski definition) is 5. The number of methoxy groups -OCH3 is 1. The Morgan fingerprint density at radius 2 is 2.26 bits per heavy atom. The smallest absolute Gasteiger partial charge is 0.221 e. The van der Waals surface area contributed by atoms with Gasteiger partial charge >= 0.3 is 0 Å². The molecule has 0 bridgehead atoms. The zero-order valence-corrected chi connectivity index (χ0v) is 15.0. The second-order valence-electron chi connectivity index (χ2n) is 5.16. The van der Waals surface area contributed by atoms with E-state index >= 15 is 0 Å². The summed E-state index contributed by atoms with van der Waals surface area (Å²) in [6, 6.07) is 7.83. The molecule has 1 heterocycles. The van der Waals surface area contributed by atoms with Gasteiger partial charge in [0.15, 0.2) is 0 Å². The largest absolute Gasteiger partial charge is 0.497 e. The molecule has 0 aromatic heterocycles. The van der Waals surface area contributed by atoms with Gasteiger partial charge in [-0.3, -0.25) is 4.79 Å². The molecule has 1 aromatic carbocycles. The lowest BCUT2D eigenvalue weighted by molar-refractivity contribution is -0.121. The maximum absolute atomic E-state index is 11.8. The van der Waals surface area contributed by atoms with Crippen molar-refractivity contribution < 1.29 is 14.3 Å². The van der Waals surface area contributed by atoms with Crippen LogP contribution < -0.4 is 20.1 Å². The number of carbonyl (C=O) groups is 1. The number of ether oxygens (including phenoxy) is 2. The fourth-order valence-electron chi connectivity index (χ4n) is 2.23. The number of thioether (sulfide) groups is 1.